The molecule has 1 N–H and O–H groups in total. The summed E-state index contributed by atoms with van der Waals surface area (Å²) in [6, 6.07) is 13.4. The second-order valence-electron chi connectivity index (χ2n) is 8.27. The summed E-state index contributed by atoms with van der Waals surface area (Å²) in [5.74, 6) is -0.457. The van der Waals surface area contributed by atoms with Gasteiger partial charge in [-0.05, 0) is 30.5 Å². The highest BCUT2D eigenvalue weighted by atomic mass is 16.5. The Morgan fingerprint density at radius 1 is 1.09 bits per heavy atom. The topological polar surface area (TPSA) is 93.9 Å². The van der Waals surface area contributed by atoms with E-state index in [0.29, 0.717) is 48.7 Å². The number of carbonyl (C=O) groups is 2. The molecule has 1 aliphatic rings. The van der Waals surface area contributed by atoms with Gasteiger partial charge in [-0.1, -0.05) is 43.3 Å². The third-order valence-corrected chi connectivity index (χ3v) is 5.93. The summed E-state index contributed by atoms with van der Waals surface area (Å²) in [5, 5.41) is 11.1. The van der Waals surface area contributed by atoms with Crippen LogP contribution in [0.4, 0.5) is 0 Å². The van der Waals surface area contributed by atoms with Crippen LogP contribution in [-0.4, -0.2) is 51.5 Å². The van der Waals surface area contributed by atoms with Gasteiger partial charge in [0.25, 0.3) is 11.7 Å². The van der Waals surface area contributed by atoms with Crippen LogP contribution >= 0.6 is 0 Å². The molecule has 8 heteroatoms. The van der Waals surface area contributed by atoms with Gasteiger partial charge < -0.3 is 24.0 Å². The summed E-state index contributed by atoms with van der Waals surface area (Å²) in [4.78, 5) is 31.9. The molecule has 1 saturated heterocycles. The Hall–Kier alpha value is -4.07. The number of hydrogen-bond donors (Lipinski definition) is 1. The predicted octanol–water partition coefficient (Wildman–Crippen LogP) is 4.19. The van der Waals surface area contributed by atoms with Crippen molar-refractivity contribution in [3.63, 3.8) is 0 Å². The molecular formula is C27H29N3O5. The Kier molecular flexibility index (Phi) is 7.50. The fourth-order valence-corrected chi connectivity index (χ4v) is 4.24. The van der Waals surface area contributed by atoms with E-state index in [1.807, 2.05) is 29.8 Å². The molecule has 0 spiro atoms. The monoisotopic (exact) mass is 475 g/mol. The number of Topliss-reactive ketones (excluding diaryl/α,β-unsaturated/α-hetero) is 1. The van der Waals surface area contributed by atoms with Gasteiger partial charge in [-0.3, -0.25) is 9.59 Å². The van der Waals surface area contributed by atoms with Crippen LogP contribution in [0.5, 0.6) is 11.5 Å². The van der Waals surface area contributed by atoms with E-state index in [1.165, 1.54) is 4.90 Å². The van der Waals surface area contributed by atoms with Crippen LogP contribution < -0.4 is 9.47 Å². The molecule has 3 aromatic rings. The molecule has 1 atom stereocenters. The average molecular weight is 476 g/mol. The number of amides is 1. The zero-order chi connectivity index (χ0) is 24.8. The molecule has 1 amide bonds. The minimum Gasteiger partial charge on any atom is -0.507 e. The highest BCUT2D eigenvalue weighted by Crippen LogP contribution is 2.42. The molecule has 0 radical (unpaired) electrons. The van der Waals surface area contributed by atoms with Crippen molar-refractivity contribution in [1.29, 1.82) is 0 Å². The van der Waals surface area contributed by atoms with Crippen LogP contribution in [0, 0.1) is 0 Å². The molecule has 1 aliphatic heterocycles. The van der Waals surface area contributed by atoms with Crippen molar-refractivity contribution < 1.29 is 24.2 Å². The van der Waals surface area contributed by atoms with Crippen molar-refractivity contribution in [3.05, 3.63) is 84.0 Å². The fraction of sp³-hybridized carbons (Fsp3) is 0.296. The molecule has 1 fully saturated rings. The molecule has 2 aromatic carbocycles. The lowest BCUT2D eigenvalue weighted by molar-refractivity contribution is -0.139. The number of carbonyl (C=O) groups excluding carboxylic acids is 2. The first-order valence-electron chi connectivity index (χ1n) is 11.7. The fourth-order valence-electron chi connectivity index (χ4n) is 4.24. The number of hydrogen-bond acceptors (Lipinski definition) is 6. The van der Waals surface area contributed by atoms with E-state index in [1.54, 1.807) is 56.0 Å². The third-order valence-electron chi connectivity index (χ3n) is 5.93. The molecule has 0 bridgehead atoms. The Morgan fingerprint density at radius 3 is 2.57 bits per heavy atom. The molecule has 0 saturated carbocycles. The number of imidazole rings is 1. The number of ether oxygens (including phenoxy) is 2. The highest BCUT2D eigenvalue weighted by molar-refractivity contribution is 6.46. The van der Waals surface area contributed by atoms with Crippen LogP contribution in [0.25, 0.3) is 5.76 Å². The Labute approximate surface area is 204 Å². The first-order chi connectivity index (χ1) is 17.0. The zero-order valence-electron chi connectivity index (χ0n) is 19.9. The lowest BCUT2D eigenvalue weighted by Crippen LogP contribution is -2.31. The SMILES string of the molecule is CCCOc1ccc([C@@H]2/C(=C(\O)c3ccccc3)C(=O)C(=O)N2CCCn2ccnc2)cc1OC. The van der Waals surface area contributed by atoms with E-state index >= 15 is 0 Å². The molecule has 0 aliphatic carbocycles. The van der Waals surface area contributed by atoms with Gasteiger partial charge in [0.1, 0.15) is 5.76 Å². The zero-order valence-corrected chi connectivity index (χ0v) is 19.9. The predicted molar refractivity (Wildman–Crippen MR) is 131 cm³/mol. The Balaban J connectivity index is 1.74. The number of aromatic nitrogens is 2. The normalized spacial score (nSPS) is 17.1. The number of rotatable bonds is 10. The summed E-state index contributed by atoms with van der Waals surface area (Å²) >= 11 is 0. The number of likely N-dealkylation sites (tertiary alicyclic amines) is 1. The minimum absolute atomic E-state index is 0.0631. The molecule has 182 valence electrons. The molecule has 35 heavy (non-hydrogen) atoms. The maximum absolute atomic E-state index is 13.2. The van der Waals surface area contributed by atoms with E-state index in [4.69, 9.17) is 9.47 Å². The van der Waals surface area contributed by atoms with Crippen molar-refractivity contribution in [3.8, 4) is 11.5 Å². The maximum atomic E-state index is 13.2. The van der Waals surface area contributed by atoms with Gasteiger partial charge in [0.15, 0.2) is 11.5 Å². The van der Waals surface area contributed by atoms with Crippen LogP contribution in [0.1, 0.15) is 36.9 Å². The lowest BCUT2D eigenvalue weighted by atomic mass is 9.95. The van der Waals surface area contributed by atoms with E-state index in [-0.39, 0.29) is 11.3 Å². The van der Waals surface area contributed by atoms with Gasteiger partial charge in [0.05, 0.1) is 31.7 Å². The molecular weight excluding hydrogens is 446 g/mol. The standard InChI is InChI=1S/C27H29N3O5/c1-3-16-35-21-11-10-20(17-22(21)34-2)24-23(25(31)19-8-5-4-6-9-19)26(32)27(33)30(24)14-7-13-29-15-12-28-18-29/h4-6,8-12,15,17-18,24,31H,3,7,13-14,16H2,1-2H3/b25-23+/t24-/m1/s1. The number of aryl methyl sites for hydroxylation is 1. The van der Waals surface area contributed by atoms with Crippen LogP contribution in [0.2, 0.25) is 0 Å². The van der Waals surface area contributed by atoms with E-state index in [2.05, 4.69) is 4.98 Å². The van der Waals surface area contributed by atoms with Gasteiger partial charge >= 0.3 is 0 Å². The lowest BCUT2D eigenvalue weighted by Gasteiger charge is -2.26. The summed E-state index contributed by atoms with van der Waals surface area (Å²) in [6.45, 7) is 3.52. The average Bonchev–Trinajstić information content (AvgIpc) is 3.50. The first-order valence-corrected chi connectivity index (χ1v) is 11.7. The maximum Gasteiger partial charge on any atom is 0.295 e. The van der Waals surface area contributed by atoms with Crippen molar-refractivity contribution >= 4 is 17.4 Å². The summed E-state index contributed by atoms with van der Waals surface area (Å²) in [7, 11) is 1.55. The van der Waals surface area contributed by atoms with Crippen LogP contribution in [0.3, 0.4) is 0 Å². The van der Waals surface area contributed by atoms with E-state index in [0.717, 1.165) is 6.42 Å². The molecule has 2 heterocycles. The number of aliphatic hydroxyl groups is 1. The van der Waals surface area contributed by atoms with Crippen LogP contribution in [0.15, 0.2) is 72.8 Å². The van der Waals surface area contributed by atoms with Gasteiger partial charge in [0, 0.05) is 31.0 Å². The van der Waals surface area contributed by atoms with Gasteiger partial charge in [-0.15, -0.1) is 0 Å². The number of methoxy groups -OCH3 is 1. The summed E-state index contributed by atoms with van der Waals surface area (Å²) < 4.78 is 13.2. The van der Waals surface area contributed by atoms with Crippen LogP contribution in [-0.2, 0) is 16.1 Å². The molecule has 1 aromatic heterocycles. The second kappa shape index (κ2) is 10.9. The van der Waals surface area contributed by atoms with Gasteiger partial charge in [0.2, 0.25) is 0 Å². The summed E-state index contributed by atoms with van der Waals surface area (Å²) in [5.41, 5.74) is 1.20. The number of ketones is 1. The summed E-state index contributed by atoms with van der Waals surface area (Å²) in [6.07, 6.45) is 6.71. The van der Waals surface area contributed by atoms with Crippen molar-refractivity contribution in [2.75, 3.05) is 20.3 Å². The smallest absolute Gasteiger partial charge is 0.295 e. The molecule has 4 rings (SSSR count). The van der Waals surface area contributed by atoms with Crippen molar-refractivity contribution in [2.24, 2.45) is 0 Å². The highest BCUT2D eigenvalue weighted by Gasteiger charge is 2.46. The number of nitrogens with zero attached hydrogens (tertiary/aromatic N) is 3. The van der Waals surface area contributed by atoms with Crippen molar-refractivity contribution in [2.45, 2.75) is 32.4 Å². The van der Waals surface area contributed by atoms with Gasteiger partial charge in [-0.25, -0.2) is 4.98 Å². The second-order valence-corrected chi connectivity index (χ2v) is 8.27. The van der Waals surface area contributed by atoms with Gasteiger partial charge in [-0.2, -0.15) is 0 Å². The molecule has 8 nitrogen and oxygen atoms in total. The Bertz CT molecular complexity index is 1200. The number of benzene rings is 2. The van der Waals surface area contributed by atoms with Crippen molar-refractivity contribution in [1.82, 2.24) is 14.5 Å². The minimum atomic E-state index is -0.757. The first kappa shape index (κ1) is 24.1. The number of aliphatic hydroxyl groups excluding tert-OH is 1. The molecule has 0 unspecified atom stereocenters. The third kappa shape index (κ3) is 5.06. The quantitative estimate of drug-likeness (QED) is 0.268. The Morgan fingerprint density at radius 2 is 1.89 bits per heavy atom. The largest absolute Gasteiger partial charge is 0.507 e. The van der Waals surface area contributed by atoms with E-state index < -0.39 is 17.7 Å². The van der Waals surface area contributed by atoms with E-state index in [9.17, 15) is 14.7 Å².